The number of nitrogens with one attached hydrogen (secondary N) is 1. The van der Waals surface area contributed by atoms with Gasteiger partial charge in [-0.3, -0.25) is 4.79 Å². The molecule has 0 bridgehead atoms. The lowest BCUT2D eigenvalue weighted by molar-refractivity contribution is -0.115. The van der Waals surface area contributed by atoms with Crippen molar-refractivity contribution in [1.82, 2.24) is 0 Å². The first kappa shape index (κ1) is 12.3. The minimum Gasteiger partial charge on any atom is -0.326 e. The second kappa shape index (κ2) is 5.47. The molecule has 88 valence electrons. The maximum Gasteiger partial charge on any atom is 0.229 e. The van der Waals surface area contributed by atoms with E-state index in [0.717, 1.165) is 20.6 Å². The van der Waals surface area contributed by atoms with Gasteiger partial charge in [0.15, 0.2) is 0 Å². The van der Waals surface area contributed by atoms with Crippen LogP contribution in [0, 0.1) is 6.92 Å². The largest absolute Gasteiger partial charge is 0.326 e. The summed E-state index contributed by atoms with van der Waals surface area (Å²) in [6.07, 6.45) is 0.437. The van der Waals surface area contributed by atoms with E-state index in [2.05, 4.69) is 21.2 Å². The average molecular weight is 310 g/mol. The number of hydrogen-bond donors (Lipinski definition) is 1. The minimum absolute atomic E-state index is 0.0224. The first-order chi connectivity index (χ1) is 8.15. The number of thiophene rings is 1. The van der Waals surface area contributed by atoms with Crippen LogP contribution in [0.5, 0.6) is 0 Å². The molecular weight excluding hydrogens is 298 g/mol. The molecule has 0 atom stereocenters. The summed E-state index contributed by atoms with van der Waals surface area (Å²) in [6, 6.07) is 9.71. The van der Waals surface area contributed by atoms with Crippen LogP contribution in [0.25, 0.3) is 0 Å². The summed E-state index contributed by atoms with van der Waals surface area (Å²) >= 11 is 5.03. The normalized spacial score (nSPS) is 10.2. The van der Waals surface area contributed by atoms with E-state index < -0.39 is 0 Å². The predicted molar refractivity (Wildman–Crippen MR) is 75.5 cm³/mol. The van der Waals surface area contributed by atoms with Crippen molar-refractivity contribution in [1.29, 1.82) is 0 Å². The van der Waals surface area contributed by atoms with Crippen LogP contribution < -0.4 is 5.32 Å². The van der Waals surface area contributed by atoms with E-state index in [1.165, 1.54) is 0 Å². The lowest BCUT2D eigenvalue weighted by Gasteiger charge is -2.06. The van der Waals surface area contributed by atoms with E-state index in [0.29, 0.717) is 6.42 Å². The van der Waals surface area contributed by atoms with E-state index in [-0.39, 0.29) is 5.91 Å². The Kier molecular flexibility index (Phi) is 3.97. The summed E-state index contributed by atoms with van der Waals surface area (Å²) in [6.45, 7) is 2.00. The molecule has 1 N–H and O–H groups in total. The molecule has 0 aliphatic rings. The van der Waals surface area contributed by atoms with Crippen LogP contribution in [0.3, 0.4) is 0 Å². The molecule has 0 unspecified atom stereocenters. The van der Waals surface area contributed by atoms with Crippen molar-refractivity contribution < 1.29 is 4.79 Å². The Balaban J connectivity index is 2.00. The third-order valence-corrected chi connectivity index (χ3v) is 4.12. The molecule has 0 fully saturated rings. The molecule has 1 aromatic carbocycles. The number of aryl methyl sites for hydroxylation is 1. The van der Waals surface area contributed by atoms with Crippen LogP contribution in [-0.2, 0) is 11.2 Å². The van der Waals surface area contributed by atoms with Gasteiger partial charge in [-0.05, 0) is 42.1 Å². The van der Waals surface area contributed by atoms with Gasteiger partial charge in [-0.25, -0.2) is 0 Å². The van der Waals surface area contributed by atoms with Crippen LogP contribution in [0.2, 0.25) is 0 Å². The number of carbonyl (C=O) groups is 1. The van der Waals surface area contributed by atoms with Crippen molar-refractivity contribution in [2.24, 2.45) is 0 Å². The highest BCUT2D eigenvalue weighted by atomic mass is 79.9. The number of amides is 1. The third-order valence-electron chi connectivity index (χ3n) is 2.36. The zero-order valence-electron chi connectivity index (χ0n) is 9.37. The Morgan fingerprint density at radius 1 is 1.41 bits per heavy atom. The molecule has 0 radical (unpaired) electrons. The summed E-state index contributed by atoms with van der Waals surface area (Å²) in [4.78, 5) is 12.8. The predicted octanol–water partition coefficient (Wildman–Crippen LogP) is 4.00. The smallest absolute Gasteiger partial charge is 0.229 e. The SMILES string of the molecule is Cc1cc(NC(=O)Cc2cccs2)ccc1Br. The molecule has 1 amide bonds. The Bertz CT molecular complexity index is 522. The summed E-state index contributed by atoms with van der Waals surface area (Å²) in [7, 11) is 0. The first-order valence-corrected chi connectivity index (χ1v) is 6.91. The van der Waals surface area contributed by atoms with Crippen molar-refractivity contribution in [2.75, 3.05) is 5.32 Å². The fourth-order valence-electron chi connectivity index (χ4n) is 1.50. The van der Waals surface area contributed by atoms with Gasteiger partial charge < -0.3 is 5.32 Å². The Hall–Kier alpha value is -1.13. The van der Waals surface area contributed by atoms with Gasteiger partial charge in [-0.15, -0.1) is 11.3 Å². The number of benzene rings is 1. The third kappa shape index (κ3) is 3.41. The molecule has 1 heterocycles. The zero-order chi connectivity index (χ0) is 12.3. The van der Waals surface area contributed by atoms with Gasteiger partial charge in [0.1, 0.15) is 0 Å². The minimum atomic E-state index is 0.0224. The standard InChI is InChI=1S/C13H12BrNOS/c1-9-7-10(4-5-12(9)14)15-13(16)8-11-3-2-6-17-11/h2-7H,8H2,1H3,(H,15,16). The molecule has 17 heavy (non-hydrogen) atoms. The van der Waals surface area contributed by atoms with Gasteiger partial charge >= 0.3 is 0 Å². The van der Waals surface area contributed by atoms with Gasteiger partial charge in [0.25, 0.3) is 0 Å². The van der Waals surface area contributed by atoms with Gasteiger partial charge in [0, 0.05) is 15.0 Å². The highest BCUT2D eigenvalue weighted by molar-refractivity contribution is 9.10. The molecule has 0 spiro atoms. The molecule has 2 nitrogen and oxygen atoms in total. The fraction of sp³-hybridized carbons (Fsp3) is 0.154. The second-order valence-corrected chi connectivity index (χ2v) is 5.65. The summed E-state index contributed by atoms with van der Waals surface area (Å²) < 4.78 is 1.05. The lowest BCUT2D eigenvalue weighted by Crippen LogP contribution is -2.13. The van der Waals surface area contributed by atoms with Crippen molar-refractivity contribution in [3.05, 3.63) is 50.6 Å². The van der Waals surface area contributed by atoms with E-state index in [9.17, 15) is 4.79 Å². The molecule has 0 aliphatic heterocycles. The maximum absolute atomic E-state index is 11.8. The summed E-state index contributed by atoms with van der Waals surface area (Å²) in [5, 5.41) is 4.87. The Labute approximate surface area is 113 Å². The molecular formula is C13H12BrNOS. The van der Waals surface area contributed by atoms with Crippen LogP contribution in [0.15, 0.2) is 40.2 Å². The number of anilines is 1. The number of carbonyl (C=O) groups excluding carboxylic acids is 1. The maximum atomic E-state index is 11.8. The van der Waals surface area contributed by atoms with Gasteiger partial charge in [0.2, 0.25) is 5.91 Å². The molecule has 0 aliphatic carbocycles. The quantitative estimate of drug-likeness (QED) is 0.912. The molecule has 0 saturated heterocycles. The van der Waals surface area contributed by atoms with Gasteiger partial charge in [-0.2, -0.15) is 0 Å². The average Bonchev–Trinajstić information content (AvgIpc) is 2.76. The van der Waals surface area contributed by atoms with E-state index in [4.69, 9.17) is 0 Å². The highest BCUT2D eigenvalue weighted by Crippen LogP contribution is 2.20. The van der Waals surface area contributed by atoms with Crippen molar-refractivity contribution in [3.8, 4) is 0 Å². The monoisotopic (exact) mass is 309 g/mol. The van der Waals surface area contributed by atoms with Crippen molar-refractivity contribution in [2.45, 2.75) is 13.3 Å². The molecule has 1 aromatic heterocycles. The number of rotatable bonds is 3. The van der Waals surface area contributed by atoms with E-state index >= 15 is 0 Å². The van der Waals surface area contributed by atoms with Crippen LogP contribution in [0.1, 0.15) is 10.4 Å². The molecule has 0 saturated carbocycles. The molecule has 4 heteroatoms. The topological polar surface area (TPSA) is 29.1 Å². The lowest BCUT2D eigenvalue weighted by atomic mass is 10.2. The number of hydrogen-bond acceptors (Lipinski definition) is 2. The van der Waals surface area contributed by atoms with E-state index in [1.54, 1.807) is 11.3 Å². The van der Waals surface area contributed by atoms with Crippen LogP contribution in [0.4, 0.5) is 5.69 Å². The molecule has 2 aromatic rings. The van der Waals surface area contributed by atoms with Crippen molar-refractivity contribution >= 4 is 38.9 Å². The summed E-state index contributed by atoms with van der Waals surface area (Å²) in [5.74, 6) is 0.0224. The first-order valence-electron chi connectivity index (χ1n) is 5.23. The van der Waals surface area contributed by atoms with Crippen molar-refractivity contribution in [3.63, 3.8) is 0 Å². The van der Waals surface area contributed by atoms with Gasteiger partial charge in [0.05, 0.1) is 6.42 Å². The number of halogens is 1. The summed E-state index contributed by atoms with van der Waals surface area (Å²) in [5.41, 5.74) is 1.95. The highest BCUT2D eigenvalue weighted by Gasteiger charge is 2.05. The van der Waals surface area contributed by atoms with E-state index in [1.807, 2.05) is 42.6 Å². The van der Waals surface area contributed by atoms with Crippen LogP contribution >= 0.6 is 27.3 Å². The molecule has 2 rings (SSSR count). The Morgan fingerprint density at radius 3 is 2.88 bits per heavy atom. The Morgan fingerprint density at radius 2 is 2.24 bits per heavy atom. The second-order valence-electron chi connectivity index (χ2n) is 3.77. The van der Waals surface area contributed by atoms with Gasteiger partial charge in [-0.1, -0.05) is 22.0 Å². The zero-order valence-corrected chi connectivity index (χ0v) is 11.8. The van der Waals surface area contributed by atoms with Crippen LogP contribution in [-0.4, -0.2) is 5.91 Å². The fourth-order valence-corrected chi connectivity index (χ4v) is 2.45.